The van der Waals surface area contributed by atoms with Crippen molar-refractivity contribution in [2.45, 2.75) is 0 Å². The number of hydrogen-bond acceptors (Lipinski definition) is 3. The van der Waals surface area contributed by atoms with E-state index in [0.717, 1.165) is 60.7 Å². The van der Waals surface area contributed by atoms with Crippen LogP contribution in [0.5, 0.6) is 0 Å². The first-order chi connectivity index (χ1) is 26.8. The number of rotatable bonds is 3. The SMILES string of the molecule is c1ccc2c(c1)cc(-c1nc(-c3ccc(-n4c5ccc6ccccc6c5c5c6ccccc6ccc54)cc3)nc3ccccc13)c1oc3ccccc3c12. The van der Waals surface area contributed by atoms with Gasteiger partial charge in [-0.05, 0) is 86.9 Å². The van der Waals surface area contributed by atoms with Crippen LogP contribution in [-0.2, 0) is 0 Å². The van der Waals surface area contributed by atoms with Gasteiger partial charge in [0, 0.05) is 43.7 Å². The zero-order valence-electron chi connectivity index (χ0n) is 29.0. The van der Waals surface area contributed by atoms with Crippen molar-refractivity contribution in [1.29, 1.82) is 0 Å². The summed E-state index contributed by atoms with van der Waals surface area (Å²) in [5.74, 6) is 0.673. The Morgan fingerprint density at radius 2 is 0.981 bits per heavy atom. The molecule has 0 saturated heterocycles. The van der Waals surface area contributed by atoms with Gasteiger partial charge >= 0.3 is 0 Å². The van der Waals surface area contributed by atoms with Gasteiger partial charge in [-0.1, -0.05) is 121 Å². The molecule has 250 valence electrons. The number of hydrogen-bond donors (Lipinski definition) is 0. The van der Waals surface area contributed by atoms with Gasteiger partial charge in [0.25, 0.3) is 0 Å². The summed E-state index contributed by atoms with van der Waals surface area (Å²) in [7, 11) is 0. The molecule has 0 unspecified atom stereocenters. The molecule has 0 fully saturated rings. The molecular weight excluding hydrogens is 659 g/mol. The van der Waals surface area contributed by atoms with E-state index >= 15 is 0 Å². The van der Waals surface area contributed by atoms with Gasteiger partial charge in [-0.25, -0.2) is 9.97 Å². The second kappa shape index (κ2) is 11.1. The second-order valence-corrected chi connectivity index (χ2v) is 14.1. The molecule has 0 aliphatic carbocycles. The van der Waals surface area contributed by atoms with Crippen LogP contribution in [0.2, 0.25) is 0 Å². The highest BCUT2D eigenvalue weighted by molar-refractivity contribution is 6.28. The lowest BCUT2D eigenvalue weighted by atomic mass is 9.97. The summed E-state index contributed by atoms with van der Waals surface area (Å²) in [6.07, 6.45) is 0. The van der Waals surface area contributed by atoms with E-state index in [1.165, 1.54) is 48.7 Å². The molecule has 0 aliphatic rings. The second-order valence-electron chi connectivity index (χ2n) is 14.1. The van der Waals surface area contributed by atoms with Crippen LogP contribution in [0.1, 0.15) is 0 Å². The Balaban J connectivity index is 1.07. The number of para-hydroxylation sites is 2. The van der Waals surface area contributed by atoms with Gasteiger partial charge in [-0.15, -0.1) is 0 Å². The molecule has 4 heteroatoms. The molecule has 4 nitrogen and oxygen atoms in total. The topological polar surface area (TPSA) is 43.9 Å². The maximum atomic E-state index is 6.66. The molecule has 0 aliphatic heterocycles. The highest BCUT2D eigenvalue weighted by Crippen LogP contribution is 2.43. The minimum absolute atomic E-state index is 0.673. The van der Waals surface area contributed by atoms with E-state index in [1.807, 2.05) is 18.2 Å². The summed E-state index contributed by atoms with van der Waals surface area (Å²) in [6.45, 7) is 0. The van der Waals surface area contributed by atoms with Crippen LogP contribution in [0.25, 0.3) is 115 Å². The summed E-state index contributed by atoms with van der Waals surface area (Å²) < 4.78 is 9.05. The van der Waals surface area contributed by atoms with E-state index in [2.05, 4.69) is 162 Å². The van der Waals surface area contributed by atoms with Crippen LogP contribution in [0.4, 0.5) is 0 Å². The molecule has 0 saturated carbocycles. The van der Waals surface area contributed by atoms with Gasteiger partial charge in [0.15, 0.2) is 5.82 Å². The van der Waals surface area contributed by atoms with Gasteiger partial charge < -0.3 is 8.98 Å². The summed E-state index contributed by atoms with van der Waals surface area (Å²) >= 11 is 0. The smallest absolute Gasteiger partial charge is 0.160 e. The first-order valence-electron chi connectivity index (χ1n) is 18.3. The molecule has 0 spiro atoms. The lowest BCUT2D eigenvalue weighted by Crippen LogP contribution is -1.97. The molecule has 12 aromatic rings. The van der Waals surface area contributed by atoms with Crippen molar-refractivity contribution in [3.05, 3.63) is 176 Å². The van der Waals surface area contributed by atoms with Crippen molar-refractivity contribution in [3.63, 3.8) is 0 Å². The van der Waals surface area contributed by atoms with Crippen molar-refractivity contribution >= 4 is 87.0 Å². The van der Waals surface area contributed by atoms with E-state index in [9.17, 15) is 0 Å². The summed E-state index contributed by atoms with van der Waals surface area (Å²) in [6, 6.07) is 62.4. The third-order valence-electron chi connectivity index (χ3n) is 11.2. The van der Waals surface area contributed by atoms with E-state index in [4.69, 9.17) is 14.4 Å². The Hall–Kier alpha value is -7.30. The Bertz CT molecular complexity index is 3410. The Morgan fingerprint density at radius 3 is 1.67 bits per heavy atom. The largest absolute Gasteiger partial charge is 0.455 e. The van der Waals surface area contributed by atoms with Crippen LogP contribution < -0.4 is 0 Å². The van der Waals surface area contributed by atoms with Gasteiger partial charge in [-0.2, -0.15) is 0 Å². The fourth-order valence-electron chi connectivity index (χ4n) is 8.75. The molecule has 0 N–H and O–H groups in total. The average Bonchev–Trinajstić information content (AvgIpc) is 3.80. The maximum absolute atomic E-state index is 6.66. The highest BCUT2D eigenvalue weighted by atomic mass is 16.3. The van der Waals surface area contributed by atoms with Gasteiger partial charge in [0.1, 0.15) is 11.2 Å². The predicted octanol–water partition coefficient (Wildman–Crippen LogP) is 13.4. The third kappa shape index (κ3) is 4.13. The molecule has 54 heavy (non-hydrogen) atoms. The molecular formula is C50H29N3O. The Kier molecular flexibility index (Phi) is 6.02. The fourth-order valence-corrected chi connectivity index (χ4v) is 8.75. The maximum Gasteiger partial charge on any atom is 0.160 e. The first-order valence-corrected chi connectivity index (χ1v) is 18.3. The first kappa shape index (κ1) is 29.3. The number of fused-ring (bicyclic) bond motifs is 13. The van der Waals surface area contributed by atoms with E-state index < -0.39 is 0 Å². The highest BCUT2D eigenvalue weighted by Gasteiger charge is 2.21. The van der Waals surface area contributed by atoms with E-state index in [1.54, 1.807) is 0 Å². The minimum Gasteiger partial charge on any atom is -0.455 e. The van der Waals surface area contributed by atoms with Crippen LogP contribution >= 0.6 is 0 Å². The van der Waals surface area contributed by atoms with Crippen molar-refractivity contribution in [1.82, 2.24) is 14.5 Å². The van der Waals surface area contributed by atoms with Crippen molar-refractivity contribution in [3.8, 4) is 28.3 Å². The Morgan fingerprint density at radius 1 is 0.426 bits per heavy atom. The molecule has 0 amide bonds. The molecule has 3 aromatic heterocycles. The monoisotopic (exact) mass is 687 g/mol. The average molecular weight is 688 g/mol. The van der Waals surface area contributed by atoms with Crippen molar-refractivity contribution < 1.29 is 4.42 Å². The number of nitrogens with zero attached hydrogens (tertiary/aromatic N) is 3. The Labute approximate surface area is 309 Å². The predicted molar refractivity (Wildman–Crippen MR) is 225 cm³/mol. The lowest BCUT2D eigenvalue weighted by molar-refractivity contribution is 0.670. The summed E-state index contributed by atoms with van der Waals surface area (Å²) in [5, 5.41) is 13.1. The zero-order chi connectivity index (χ0) is 35.3. The quantitative estimate of drug-likeness (QED) is 0.186. The van der Waals surface area contributed by atoms with Gasteiger partial charge in [0.2, 0.25) is 0 Å². The van der Waals surface area contributed by atoms with Gasteiger partial charge in [-0.3, -0.25) is 0 Å². The summed E-state index contributed by atoms with van der Waals surface area (Å²) in [5.41, 5.74) is 8.81. The molecule has 0 radical (unpaired) electrons. The molecule has 12 rings (SSSR count). The zero-order valence-corrected chi connectivity index (χ0v) is 29.0. The van der Waals surface area contributed by atoms with Crippen LogP contribution in [-0.4, -0.2) is 14.5 Å². The fraction of sp³-hybridized carbons (Fsp3) is 0. The number of aromatic nitrogens is 3. The van der Waals surface area contributed by atoms with Crippen molar-refractivity contribution in [2.24, 2.45) is 0 Å². The lowest BCUT2D eigenvalue weighted by Gasteiger charge is -2.12. The van der Waals surface area contributed by atoms with Crippen LogP contribution in [0.3, 0.4) is 0 Å². The standard InChI is InChI=1S/C50H29N3O/c1-4-14-35-30(11-1)23-27-42-46(35)47-36-15-5-2-12-31(36)24-28-43(47)53(42)34-25-21-32(22-26-34)50-51-41-19-9-7-17-38(41)48(52-50)40-29-33-13-3-6-16-37(33)45-39-18-8-10-20-44(39)54-49(40)45/h1-29H. The normalized spacial score (nSPS) is 12.1. The number of furan rings is 1. The van der Waals surface area contributed by atoms with E-state index in [-0.39, 0.29) is 0 Å². The third-order valence-corrected chi connectivity index (χ3v) is 11.2. The van der Waals surface area contributed by atoms with Crippen molar-refractivity contribution in [2.75, 3.05) is 0 Å². The minimum atomic E-state index is 0.673. The van der Waals surface area contributed by atoms with Crippen LogP contribution in [0, 0.1) is 0 Å². The number of benzene rings is 9. The molecule has 0 bridgehead atoms. The van der Waals surface area contributed by atoms with Crippen LogP contribution in [0.15, 0.2) is 180 Å². The molecule has 3 heterocycles. The van der Waals surface area contributed by atoms with Gasteiger partial charge in [0.05, 0.1) is 22.2 Å². The molecule has 9 aromatic carbocycles. The molecule has 0 atom stereocenters. The van der Waals surface area contributed by atoms with E-state index in [0.29, 0.717) is 5.82 Å². The summed E-state index contributed by atoms with van der Waals surface area (Å²) in [4.78, 5) is 10.5.